The van der Waals surface area contributed by atoms with Crippen LogP contribution in [0.2, 0.25) is 0 Å². The lowest BCUT2D eigenvalue weighted by Crippen LogP contribution is -2.34. The molecule has 2 N–H and O–H groups in total. The molecule has 8 nitrogen and oxygen atoms in total. The van der Waals surface area contributed by atoms with Crippen LogP contribution in [0.3, 0.4) is 0 Å². The molecule has 0 aliphatic heterocycles. The molecule has 0 aliphatic carbocycles. The van der Waals surface area contributed by atoms with E-state index in [2.05, 4.69) is 31.8 Å². The molecule has 0 spiro atoms. The standard InChI is InChI=1S/C25H23N7O/c1-32-17-21(14-30-32)24-28-15-22(16-29-24)31-25(33)23(20-5-3-2-4-6-20)27-12-11-18-7-9-19(13-26)10-8-18/h2-10,14-17,23,27H,11-12H2,1H3,(H,31,33). The van der Waals surface area contributed by atoms with Gasteiger partial charge in [-0.3, -0.25) is 9.48 Å². The zero-order valence-corrected chi connectivity index (χ0v) is 18.1. The van der Waals surface area contributed by atoms with Crippen molar-refractivity contribution < 1.29 is 4.79 Å². The summed E-state index contributed by atoms with van der Waals surface area (Å²) in [5.41, 5.74) is 3.91. The van der Waals surface area contributed by atoms with Crippen LogP contribution in [0, 0.1) is 11.3 Å². The number of hydrogen-bond acceptors (Lipinski definition) is 6. The average Bonchev–Trinajstić information content (AvgIpc) is 3.29. The number of carbonyl (C=O) groups is 1. The highest BCUT2D eigenvalue weighted by molar-refractivity contribution is 5.95. The van der Waals surface area contributed by atoms with Crippen molar-refractivity contribution in [3.8, 4) is 17.5 Å². The Morgan fingerprint density at radius 3 is 2.42 bits per heavy atom. The summed E-state index contributed by atoms with van der Waals surface area (Å²) >= 11 is 0. The highest BCUT2D eigenvalue weighted by Gasteiger charge is 2.20. The van der Waals surface area contributed by atoms with Crippen molar-refractivity contribution in [1.29, 1.82) is 5.26 Å². The van der Waals surface area contributed by atoms with Gasteiger partial charge < -0.3 is 10.6 Å². The first-order chi connectivity index (χ1) is 16.1. The smallest absolute Gasteiger partial charge is 0.246 e. The molecule has 1 atom stereocenters. The molecule has 2 aromatic heterocycles. The number of hydrogen-bond donors (Lipinski definition) is 2. The number of anilines is 1. The van der Waals surface area contributed by atoms with Gasteiger partial charge >= 0.3 is 0 Å². The maximum absolute atomic E-state index is 13.1. The van der Waals surface area contributed by atoms with E-state index in [0.29, 0.717) is 23.6 Å². The Bertz CT molecular complexity index is 1240. The lowest BCUT2D eigenvalue weighted by Gasteiger charge is -2.19. The molecule has 0 bridgehead atoms. The van der Waals surface area contributed by atoms with Crippen molar-refractivity contribution in [3.05, 3.63) is 96.1 Å². The summed E-state index contributed by atoms with van der Waals surface area (Å²) < 4.78 is 1.68. The van der Waals surface area contributed by atoms with Gasteiger partial charge in [-0.2, -0.15) is 10.4 Å². The first-order valence-corrected chi connectivity index (χ1v) is 10.5. The van der Waals surface area contributed by atoms with E-state index in [9.17, 15) is 4.79 Å². The summed E-state index contributed by atoms with van der Waals surface area (Å²) in [4.78, 5) is 21.8. The molecule has 164 valence electrons. The second-order valence-electron chi connectivity index (χ2n) is 7.54. The largest absolute Gasteiger partial charge is 0.322 e. The highest BCUT2D eigenvalue weighted by Crippen LogP contribution is 2.18. The van der Waals surface area contributed by atoms with Crippen LogP contribution >= 0.6 is 0 Å². The number of nitriles is 1. The third-order valence-electron chi connectivity index (χ3n) is 5.12. The maximum atomic E-state index is 13.1. The van der Waals surface area contributed by atoms with Gasteiger partial charge in [0.05, 0.1) is 41.5 Å². The summed E-state index contributed by atoms with van der Waals surface area (Å²) in [5.74, 6) is 0.347. The summed E-state index contributed by atoms with van der Waals surface area (Å²) in [6, 6.07) is 18.6. The minimum absolute atomic E-state index is 0.196. The molecule has 33 heavy (non-hydrogen) atoms. The summed E-state index contributed by atoms with van der Waals surface area (Å²) in [6.45, 7) is 0.593. The summed E-state index contributed by atoms with van der Waals surface area (Å²) in [7, 11) is 1.83. The van der Waals surface area contributed by atoms with Crippen LogP contribution in [-0.4, -0.2) is 32.2 Å². The molecule has 2 heterocycles. The molecular formula is C25H23N7O. The van der Waals surface area contributed by atoms with Gasteiger partial charge in [-0.15, -0.1) is 0 Å². The second-order valence-corrected chi connectivity index (χ2v) is 7.54. The van der Waals surface area contributed by atoms with E-state index in [4.69, 9.17) is 5.26 Å². The van der Waals surface area contributed by atoms with Crippen molar-refractivity contribution in [2.24, 2.45) is 7.05 Å². The van der Waals surface area contributed by atoms with E-state index in [1.165, 1.54) is 0 Å². The topological polar surface area (TPSA) is 109 Å². The Morgan fingerprint density at radius 2 is 1.79 bits per heavy atom. The van der Waals surface area contributed by atoms with Crippen molar-refractivity contribution in [3.63, 3.8) is 0 Å². The summed E-state index contributed by atoms with van der Waals surface area (Å²) in [5, 5.41) is 19.3. The normalized spacial score (nSPS) is 11.5. The molecular weight excluding hydrogens is 414 g/mol. The molecule has 0 saturated carbocycles. The van der Waals surface area contributed by atoms with Gasteiger partial charge in [0.2, 0.25) is 5.91 Å². The predicted octanol–water partition coefficient (Wildman–Crippen LogP) is 3.26. The van der Waals surface area contributed by atoms with Gasteiger partial charge in [-0.25, -0.2) is 9.97 Å². The molecule has 4 aromatic rings. The quantitative estimate of drug-likeness (QED) is 0.438. The van der Waals surface area contributed by atoms with Crippen molar-refractivity contribution in [2.45, 2.75) is 12.5 Å². The monoisotopic (exact) mass is 437 g/mol. The predicted molar refractivity (Wildman–Crippen MR) is 125 cm³/mol. The Labute approximate surface area is 191 Å². The molecule has 0 saturated heterocycles. The van der Waals surface area contributed by atoms with Gasteiger partial charge in [0.15, 0.2) is 5.82 Å². The zero-order chi connectivity index (χ0) is 23.0. The zero-order valence-electron chi connectivity index (χ0n) is 18.1. The molecule has 1 amide bonds. The minimum Gasteiger partial charge on any atom is -0.322 e. The fraction of sp³-hybridized carbons (Fsp3) is 0.160. The van der Waals surface area contributed by atoms with Crippen LogP contribution in [-0.2, 0) is 18.3 Å². The fourth-order valence-corrected chi connectivity index (χ4v) is 3.41. The fourth-order valence-electron chi connectivity index (χ4n) is 3.41. The van der Waals surface area contributed by atoms with Gasteiger partial charge in [0.1, 0.15) is 6.04 Å². The number of carbonyl (C=O) groups excluding carboxylic acids is 1. The Balaban J connectivity index is 1.42. The van der Waals surface area contributed by atoms with Gasteiger partial charge in [0, 0.05) is 19.8 Å². The Hall–Kier alpha value is -4.35. The van der Waals surface area contributed by atoms with Crippen LogP contribution in [0.1, 0.15) is 22.7 Å². The van der Waals surface area contributed by atoms with Crippen LogP contribution < -0.4 is 10.6 Å². The first-order valence-electron chi connectivity index (χ1n) is 10.5. The Morgan fingerprint density at radius 1 is 1.06 bits per heavy atom. The average molecular weight is 438 g/mol. The third-order valence-corrected chi connectivity index (χ3v) is 5.12. The van der Waals surface area contributed by atoms with Gasteiger partial charge in [-0.1, -0.05) is 42.5 Å². The minimum atomic E-state index is -0.539. The van der Waals surface area contributed by atoms with E-state index >= 15 is 0 Å². The van der Waals surface area contributed by atoms with Crippen molar-refractivity contribution in [2.75, 3.05) is 11.9 Å². The van der Waals surface area contributed by atoms with Crippen molar-refractivity contribution >= 4 is 11.6 Å². The third kappa shape index (κ3) is 5.67. The Kier molecular flexibility index (Phi) is 6.83. The number of nitrogens with zero attached hydrogens (tertiary/aromatic N) is 5. The van der Waals surface area contributed by atoms with E-state index < -0.39 is 6.04 Å². The van der Waals surface area contributed by atoms with Crippen molar-refractivity contribution in [1.82, 2.24) is 25.1 Å². The van der Waals surface area contributed by atoms with Crippen LogP contribution in [0.15, 0.2) is 79.4 Å². The van der Waals surface area contributed by atoms with Crippen LogP contribution in [0.25, 0.3) is 11.4 Å². The van der Waals surface area contributed by atoms with E-state index in [1.54, 1.807) is 35.4 Å². The number of rotatable bonds is 8. The first kappa shape index (κ1) is 21.9. The molecule has 1 unspecified atom stereocenters. The van der Waals surface area contributed by atoms with Crippen LogP contribution in [0.5, 0.6) is 0 Å². The molecule has 4 rings (SSSR count). The van der Waals surface area contributed by atoms with Gasteiger partial charge in [-0.05, 0) is 29.7 Å². The molecule has 2 aromatic carbocycles. The highest BCUT2D eigenvalue weighted by atomic mass is 16.2. The molecule has 8 heteroatoms. The summed E-state index contributed by atoms with van der Waals surface area (Å²) in [6.07, 6.45) is 7.43. The number of nitrogens with one attached hydrogen (secondary N) is 2. The SMILES string of the molecule is Cn1cc(-c2ncc(NC(=O)C(NCCc3ccc(C#N)cc3)c3ccccc3)cn2)cn1. The number of amides is 1. The van der Waals surface area contributed by atoms with Crippen LogP contribution in [0.4, 0.5) is 5.69 Å². The second kappa shape index (κ2) is 10.3. The molecule has 0 radical (unpaired) electrons. The number of aryl methyl sites for hydroxylation is 1. The maximum Gasteiger partial charge on any atom is 0.246 e. The van der Waals surface area contributed by atoms with E-state index in [0.717, 1.165) is 23.1 Å². The lowest BCUT2D eigenvalue weighted by atomic mass is 10.0. The number of aromatic nitrogens is 4. The van der Waals surface area contributed by atoms with Gasteiger partial charge in [0.25, 0.3) is 0 Å². The molecule has 0 aliphatic rings. The number of benzene rings is 2. The van der Waals surface area contributed by atoms with E-state index in [-0.39, 0.29) is 5.91 Å². The van der Waals surface area contributed by atoms with E-state index in [1.807, 2.05) is 55.7 Å². The molecule has 0 fully saturated rings. The lowest BCUT2D eigenvalue weighted by molar-refractivity contribution is -0.118.